The third kappa shape index (κ3) is 3.93. The van der Waals surface area contributed by atoms with Gasteiger partial charge in [0.1, 0.15) is 17.4 Å². The second-order valence-corrected chi connectivity index (χ2v) is 7.24. The maximum atomic E-state index is 12.4. The van der Waals surface area contributed by atoms with Crippen molar-refractivity contribution in [2.24, 2.45) is 0 Å². The summed E-state index contributed by atoms with van der Waals surface area (Å²) in [6.45, 7) is 3.87. The molecular weight excluding hydrogens is 396 g/mol. The van der Waals surface area contributed by atoms with Gasteiger partial charge in [0.25, 0.3) is 5.91 Å². The van der Waals surface area contributed by atoms with E-state index in [1.165, 1.54) is 11.3 Å². The number of carbonyl (C=O) groups excluding carboxylic acids is 1. The van der Waals surface area contributed by atoms with E-state index in [2.05, 4.69) is 10.3 Å². The van der Waals surface area contributed by atoms with E-state index in [-0.39, 0.29) is 5.57 Å². The van der Waals surface area contributed by atoms with Crippen LogP contribution < -0.4 is 10.1 Å². The Morgan fingerprint density at radius 2 is 2.18 bits per heavy atom. The molecular formula is C20H17ClN4O2S. The lowest BCUT2D eigenvalue weighted by Gasteiger charge is -2.12. The number of aryl methyl sites for hydroxylation is 1. The fraction of sp³-hybridized carbons (Fsp3) is 0.150. The van der Waals surface area contributed by atoms with Crippen LogP contribution in [0, 0.1) is 25.2 Å². The molecule has 1 amide bonds. The molecule has 1 aromatic carbocycles. The Bertz CT molecular complexity index is 1090. The minimum atomic E-state index is -0.491. The summed E-state index contributed by atoms with van der Waals surface area (Å²) in [7, 11) is 1.57. The van der Waals surface area contributed by atoms with Gasteiger partial charge in [0, 0.05) is 28.7 Å². The predicted molar refractivity (Wildman–Crippen MR) is 111 cm³/mol. The number of aromatic nitrogens is 2. The number of nitrogens with zero attached hydrogens (tertiary/aromatic N) is 3. The van der Waals surface area contributed by atoms with Crippen LogP contribution in [-0.2, 0) is 4.79 Å². The van der Waals surface area contributed by atoms with Crippen molar-refractivity contribution in [2.45, 2.75) is 13.8 Å². The molecule has 0 saturated heterocycles. The Hall–Kier alpha value is -3.08. The highest BCUT2D eigenvalue weighted by atomic mass is 35.5. The Balaban J connectivity index is 1.96. The molecule has 8 heteroatoms. The quantitative estimate of drug-likeness (QED) is 0.484. The van der Waals surface area contributed by atoms with E-state index in [0.29, 0.717) is 15.9 Å². The molecule has 0 radical (unpaired) electrons. The van der Waals surface area contributed by atoms with Gasteiger partial charge < -0.3 is 9.30 Å². The summed E-state index contributed by atoms with van der Waals surface area (Å²) >= 11 is 7.55. The van der Waals surface area contributed by atoms with E-state index in [4.69, 9.17) is 16.3 Å². The lowest BCUT2D eigenvalue weighted by Crippen LogP contribution is -2.13. The monoisotopic (exact) mass is 412 g/mol. The maximum Gasteiger partial charge on any atom is 0.268 e. The Morgan fingerprint density at radius 1 is 1.39 bits per heavy atom. The normalized spacial score (nSPS) is 11.2. The van der Waals surface area contributed by atoms with Crippen LogP contribution in [0.15, 0.2) is 41.4 Å². The molecule has 1 N–H and O–H groups in total. The second kappa shape index (κ2) is 8.30. The molecule has 0 atom stereocenters. The molecule has 0 saturated carbocycles. The highest BCUT2D eigenvalue weighted by Crippen LogP contribution is 2.29. The van der Waals surface area contributed by atoms with Crippen LogP contribution in [0.5, 0.6) is 5.75 Å². The summed E-state index contributed by atoms with van der Waals surface area (Å²) in [5.41, 5.74) is 3.47. The van der Waals surface area contributed by atoms with E-state index in [0.717, 1.165) is 22.6 Å². The molecule has 2 aromatic heterocycles. The number of anilines is 1. The largest absolute Gasteiger partial charge is 0.495 e. The van der Waals surface area contributed by atoms with Gasteiger partial charge in [-0.3, -0.25) is 10.1 Å². The minimum Gasteiger partial charge on any atom is -0.495 e. The van der Waals surface area contributed by atoms with E-state index in [1.54, 1.807) is 30.8 Å². The van der Waals surface area contributed by atoms with E-state index >= 15 is 0 Å². The number of methoxy groups -OCH3 is 1. The molecule has 0 aliphatic rings. The van der Waals surface area contributed by atoms with Crippen molar-refractivity contribution >= 4 is 40.1 Å². The van der Waals surface area contributed by atoms with Gasteiger partial charge in [0.15, 0.2) is 5.13 Å². The highest BCUT2D eigenvalue weighted by molar-refractivity contribution is 7.13. The number of nitrogens with one attached hydrogen (secondary N) is 1. The molecule has 3 rings (SSSR count). The van der Waals surface area contributed by atoms with Crippen LogP contribution in [-0.4, -0.2) is 22.6 Å². The average molecular weight is 413 g/mol. The summed E-state index contributed by atoms with van der Waals surface area (Å²) < 4.78 is 7.21. The standard InChI is InChI=1S/C20H17ClN4O2S/c1-12-8-14(9-15(11-22)19(26)24-20-23-6-7-28-20)13(2)25(12)16-4-5-18(27-3)17(21)10-16/h4-10H,1-3H3,(H,23,24,26)/b15-9-. The first-order valence-electron chi connectivity index (χ1n) is 8.30. The average Bonchev–Trinajstić information content (AvgIpc) is 3.27. The van der Waals surface area contributed by atoms with Gasteiger partial charge in [0.2, 0.25) is 0 Å². The van der Waals surface area contributed by atoms with Crippen LogP contribution in [0.3, 0.4) is 0 Å². The lowest BCUT2D eigenvalue weighted by atomic mass is 10.1. The number of hydrogen-bond donors (Lipinski definition) is 1. The third-order valence-electron chi connectivity index (χ3n) is 4.18. The van der Waals surface area contributed by atoms with E-state index in [9.17, 15) is 10.1 Å². The number of ether oxygens (including phenoxy) is 1. The summed E-state index contributed by atoms with van der Waals surface area (Å²) in [6.07, 6.45) is 3.16. The number of halogens is 1. The Labute approximate surface area is 171 Å². The summed E-state index contributed by atoms with van der Waals surface area (Å²) in [6, 6.07) is 9.39. The minimum absolute atomic E-state index is 0.00298. The van der Waals surface area contributed by atoms with Crippen molar-refractivity contribution in [3.8, 4) is 17.5 Å². The van der Waals surface area contributed by atoms with Crippen molar-refractivity contribution in [3.05, 3.63) is 63.4 Å². The fourth-order valence-corrected chi connectivity index (χ4v) is 3.66. The number of benzene rings is 1. The molecule has 6 nitrogen and oxygen atoms in total. The number of hydrogen-bond acceptors (Lipinski definition) is 5. The zero-order valence-corrected chi connectivity index (χ0v) is 17.1. The SMILES string of the molecule is COc1ccc(-n2c(C)cc(/C=C(/C#N)C(=O)Nc3nccs3)c2C)cc1Cl. The first-order valence-corrected chi connectivity index (χ1v) is 9.56. The van der Waals surface area contributed by atoms with Gasteiger partial charge in [-0.05, 0) is 49.8 Å². The molecule has 0 fully saturated rings. The number of amides is 1. The molecule has 142 valence electrons. The number of rotatable bonds is 5. The number of nitriles is 1. The van der Waals surface area contributed by atoms with Crippen molar-refractivity contribution in [1.29, 1.82) is 5.26 Å². The summed E-state index contributed by atoms with van der Waals surface area (Å²) in [4.78, 5) is 16.4. The molecule has 0 bridgehead atoms. The molecule has 2 heterocycles. The van der Waals surface area contributed by atoms with Crippen LogP contribution in [0.2, 0.25) is 5.02 Å². The molecule has 0 spiro atoms. The molecule has 0 aliphatic heterocycles. The number of carbonyl (C=O) groups is 1. The first kappa shape index (κ1) is 19.7. The van der Waals surface area contributed by atoms with Gasteiger partial charge in [-0.2, -0.15) is 5.26 Å². The zero-order chi connectivity index (χ0) is 20.3. The second-order valence-electron chi connectivity index (χ2n) is 5.94. The third-order valence-corrected chi connectivity index (χ3v) is 5.17. The van der Waals surface area contributed by atoms with E-state index < -0.39 is 5.91 Å². The molecule has 0 aliphatic carbocycles. The topological polar surface area (TPSA) is 79.9 Å². The number of thiazole rings is 1. The smallest absolute Gasteiger partial charge is 0.268 e. The molecule has 28 heavy (non-hydrogen) atoms. The van der Waals surface area contributed by atoms with Gasteiger partial charge in [-0.1, -0.05) is 11.6 Å². The first-order chi connectivity index (χ1) is 13.4. The van der Waals surface area contributed by atoms with Crippen molar-refractivity contribution in [2.75, 3.05) is 12.4 Å². The highest BCUT2D eigenvalue weighted by Gasteiger charge is 2.15. The molecule has 0 unspecified atom stereocenters. The molecule has 3 aromatic rings. The van der Waals surface area contributed by atoms with Crippen LogP contribution in [0.4, 0.5) is 5.13 Å². The van der Waals surface area contributed by atoms with Crippen LogP contribution in [0.1, 0.15) is 17.0 Å². The maximum absolute atomic E-state index is 12.4. The van der Waals surface area contributed by atoms with Crippen LogP contribution in [0.25, 0.3) is 11.8 Å². The Kier molecular flexibility index (Phi) is 5.83. The van der Waals surface area contributed by atoms with E-state index in [1.807, 2.05) is 42.7 Å². The fourth-order valence-electron chi connectivity index (χ4n) is 2.88. The van der Waals surface area contributed by atoms with Gasteiger partial charge in [0.05, 0.1) is 12.1 Å². The van der Waals surface area contributed by atoms with Crippen LogP contribution >= 0.6 is 22.9 Å². The van der Waals surface area contributed by atoms with Crippen molar-refractivity contribution in [3.63, 3.8) is 0 Å². The summed E-state index contributed by atoms with van der Waals surface area (Å²) in [5, 5.41) is 14.8. The van der Waals surface area contributed by atoms with Crippen molar-refractivity contribution in [1.82, 2.24) is 9.55 Å². The Morgan fingerprint density at radius 3 is 2.79 bits per heavy atom. The van der Waals surface area contributed by atoms with Gasteiger partial charge in [-0.25, -0.2) is 4.98 Å². The zero-order valence-electron chi connectivity index (χ0n) is 15.5. The van der Waals surface area contributed by atoms with Crippen molar-refractivity contribution < 1.29 is 9.53 Å². The summed E-state index contributed by atoms with van der Waals surface area (Å²) in [5.74, 6) is 0.105. The predicted octanol–water partition coefficient (Wildman–Crippen LogP) is 4.76. The van der Waals surface area contributed by atoms with Gasteiger partial charge in [-0.15, -0.1) is 11.3 Å². The lowest BCUT2D eigenvalue weighted by molar-refractivity contribution is -0.112. The van der Waals surface area contributed by atoms with Gasteiger partial charge >= 0.3 is 0 Å².